The SMILES string of the molecule is CC1CCN(c2ccc(NC(=O)C3CCOCC3)nc2)CC1. The molecule has 1 aromatic rings. The van der Waals surface area contributed by atoms with Gasteiger partial charge in [-0.05, 0) is 43.7 Å². The maximum absolute atomic E-state index is 12.2. The maximum Gasteiger partial charge on any atom is 0.228 e. The van der Waals surface area contributed by atoms with Crippen LogP contribution in [-0.2, 0) is 9.53 Å². The van der Waals surface area contributed by atoms with Crippen LogP contribution in [0.15, 0.2) is 18.3 Å². The van der Waals surface area contributed by atoms with Gasteiger partial charge in [-0.15, -0.1) is 0 Å². The predicted octanol–water partition coefficient (Wildman–Crippen LogP) is 2.68. The molecule has 3 heterocycles. The van der Waals surface area contributed by atoms with Crippen LogP contribution in [0, 0.1) is 11.8 Å². The molecule has 1 aromatic heterocycles. The molecule has 0 saturated carbocycles. The van der Waals surface area contributed by atoms with E-state index >= 15 is 0 Å². The first-order valence-electron chi connectivity index (χ1n) is 8.32. The van der Waals surface area contributed by atoms with Crippen LogP contribution in [0.3, 0.4) is 0 Å². The van der Waals surface area contributed by atoms with E-state index < -0.39 is 0 Å². The van der Waals surface area contributed by atoms with Crippen molar-refractivity contribution >= 4 is 17.4 Å². The molecule has 0 spiro atoms. The van der Waals surface area contributed by atoms with Crippen molar-refractivity contribution < 1.29 is 9.53 Å². The Morgan fingerprint density at radius 2 is 1.95 bits per heavy atom. The van der Waals surface area contributed by atoms with Crippen molar-refractivity contribution in [3.8, 4) is 0 Å². The summed E-state index contributed by atoms with van der Waals surface area (Å²) >= 11 is 0. The third-order valence-electron chi connectivity index (χ3n) is 4.74. The van der Waals surface area contributed by atoms with Gasteiger partial charge in [0.05, 0.1) is 11.9 Å². The minimum Gasteiger partial charge on any atom is -0.381 e. The molecule has 1 N–H and O–H groups in total. The minimum atomic E-state index is 0.0545. The predicted molar refractivity (Wildman–Crippen MR) is 87.0 cm³/mol. The van der Waals surface area contributed by atoms with Crippen LogP contribution in [0.2, 0.25) is 0 Å². The molecule has 0 unspecified atom stereocenters. The average Bonchev–Trinajstić information content (AvgIpc) is 2.57. The first-order chi connectivity index (χ1) is 10.7. The van der Waals surface area contributed by atoms with E-state index in [4.69, 9.17) is 4.74 Å². The van der Waals surface area contributed by atoms with Crippen LogP contribution in [-0.4, -0.2) is 37.2 Å². The lowest BCUT2D eigenvalue weighted by molar-refractivity contribution is -0.122. The highest BCUT2D eigenvalue weighted by molar-refractivity contribution is 5.91. The number of nitrogens with zero attached hydrogens (tertiary/aromatic N) is 2. The molecule has 0 radical (unpaired) electrons. The Morgan fingerprint density at radius 1 is 1.23 bits per heavy atom. The molecule has 2 fully saturated rings. The maximum atomic E-state index is 12.2. The fraction of sp³-hybridized carbons (Fsp3) is 0.647. The molecule has 0 bridgehead atoms. The average molecular weight is 303 g/mol. The van der Waals surface area contributed by atoms with Crippen LogP contribution in [0.5, 0.6) is 0 Å². The smallest absolute Gasteiger partial charge is 0.228 e. The summed E-state index contributed by atoms with van der Waals surface area (Å²) in [4.78, 5) is 18.9. The number of piperidine rings is 1. The number of ether oxygens (including phenoxy) is 1. The second kappa shape index (κ2) is 7.09. The Kier molecular flexibility index (Phi) is 4.93. The van der Waals surface area contributed by atoms with Crippen LogP contribution >= 0.6 is 0 Å². The van der Waals surface area contributed by atoms with E-state index in [1.54, 1.807) is 0 Å². The Labute approximate surface area is 132 Å². The first kappa shape index (κ1) is 15.3. The molecule has 5 heteroatoms. The van der Waals surface area contributed by atoms with E-state index in [0.29, 0.717) is 19.0 Å². The van der Waals surface area contributed by atoms with Crippen LogP contribution in [0.1, 0.15) is 32.6 Å². The van der Waals surface area contributed by atoms with Gasteiger partial charge in [0.2, 0.25) is 5.91 Å². The van der Waals surface area contributed by atoms with Gasteiger partial charge in [-0.1, -0.05) is 6.92 Å². The van der Waals surface area contributed by atoms with E-state index in [1.807, 2.05) is 12.3 Å². The number of hydrogen-bond donors (Lipinski definition) is 1. The molecule has 0 atom stereocenters. The third-order valence-corrected chi connectivity index (χ3v) is 4.74. The van der Waals surface area contributed by atoms with Crippen molar-refractivity contribution in [3.63, 3.8) is 0 Å². The quantitative estimate of drug-likeness (QED) is 0.933. The number of amides is 1. The Balaban J connectivity index is 1.56. The van der Waals surface area contributed by atoms with Gasteiger partial charge in [-0.25, -0.2) is 4.98 Å². The zero-order valence-corrected chi connectivity index (χ0v) is 13.3. The summed E-state index contributed by atoms with van der Waals surface area (Å²) in [5.74, 6) is 1.59. The number of pyridine rings is 1. The van der Waals surface area contributed by atoms with Crippen LogP contribution in [0.25, 0.3) is 0 Å². The molecule has 120 valence electrons. The fourth-order valence-corrected chi connectivity index (χ4v) is 3.10. The van der Waals surface area contributed by atoms with Gasteiger partial charge >= 0.3 is 0 Å². The molecule has 2 aliphatic rings. The normalized spacial score (nSPS) is 20.9. The number of aromatic nitrogens is 1. The number of nitrogens with one attached hydrogen (secondary N) is 1. The van der Waals surface area contributed by atoms with E-state index in [2.05, 4.69) is 28.2 Å². The Morgan fingerprint density at radius 3 is 2.59 bits per heavy atom. The summed E-state index contributed by atoms with van der Waals surface area (Å²) in [5.41, 5.74) is 1.15. The van der Waals surface area contributed by atoms with Crippen molar-refractivity contribution in [2.45, 2.75) is 32.6 Å². The van der Waals surface area contributed by atoms with Gasteiger partial charge in [0.15, 0.2) is 0 Å². The largest absolute Gasteiger partial charge is 0.381 e. The molecule has 0 aromatic carbocycles. The first-order valence-corrected chi connectivity index (χ1v) is 8.32. The van der Waals surface area contributed by atoms with Crippen LogP contribution in [0.4, 0.5) is 11.5 Å². The second-order valence-corrected chi connectivity index (χ2v) is 6.45. The van der Waals surface area contributed by atoms with Gasteiger partial charge in [-0.2, -0.15) is 0 Å². The number of hydrogen-bond acceptors (Lipinski definition) is 4. The molecule has 2 aliphatic heterocycles. The monoisotopic (exact) mass is 303 g/mol. The highest BCUT2D eigenvalue weighted by Crippen LogP contribution is 2.23. The molecular formula is C17H25N3O2. The standard InChI is InChI=1S/C17H25N3O2/c1-13-4-8-20(9-5-13)15-2-3-16(18-12-15)19-17(21)14-6-10-22-11-7-14/h2-3,12-14H,4-11H2,1H3,(H,18,19,21). The van der Waals surface area contributed by atoms with Gasteiger partial charge in [0.25, 0.3) is 0 Å². The summed E-state index contributed by atoms with van der Waals surface area (Å²) in [6.45, 7) is 5.85. The zero-order valence-electron chi connectivity index (χ0n) is 13.3. The number of anilines is 2. The lowest BCUT2D eigenvalue weighted by Gasteiger charge is -2.31. The van der Waals surface area contributed by atoms with E-state index in [1.165, 1.54) is 12.8 Å². The molecular weight excluding hydrogens is 278 g/mol. The third kappa shape index (κ3) is 3.77. The molecule has 2 saturated heterocycles. The highest BCUT2D eigenvalue weighted by atomic mass is 16.5. The summed E-state index contributed by atoms with van der Waals surface area (Å²) in [6, 6.07) is 3.97. The topological polar surface area (TPSA) is 54.5 Å². The van der Waals surface area contributed by atoms with Crippen molar-refractivity contribution in [1.82, 2.24) is 4.98 Å². The summed E-state index contributed by atoms with van der Waals surface area (Å²) < 4.78 is 5.29. The fourth-order valence-electron chi connectivity index (χ4n) is 3.10. The lowest BCUT2D eigenvalue weighted by Crippen LogP contribution is -2.32. The van der Waals surface area contributed by atoms with Crippen molar-refractivity contribution in [3.05, 3.63) is 18.3 Å². The molecule has 0 aliphatic carbocycles. The van der Waals surface area contributed by atoms with Gasteiger partial charge < -0.3 is 15.0 Å². The van der Waals surface area contributed by atoms with E-state index in [9.17, 15) is 4.79 Å². The lowest BCUT2D eigenvalue weighted by atomic mass is 9.99. The van der Waals surface area contributed by atoms with Gasteiger partial charge in [-0.3, -0.25) is 4.79 Å². The van der Waals surface area contributed by atoms with Crippen LogP contribution < -0.4 is 10.2 Å². The number of rotatable bonds is 3. The molecule has 22 heavy (non-hydrogen) atoms. The van der Waals surface area contributed by atoms with Crippen molar-refractivity contribution in [2.24, 2.45) is 11.8 Å². The number of carbonyl (C=O) groups excluding carboxylic acids is 1. The summed E-state index contributed by atoms with van der Waals surface area (Å²) in [5, 5.41) is 2.92. The van der Waals surface area contributed by atoms with Gasteiger partial charge in [0.1, 0.15) is 5.82 Å². The van der Waals surface area contributed by atoms with Crippen molar-refractivity contribution in [2.75, 3.05) is 36.5 Å². The zero-order chi connectivity index (χ0) is 15.4. The second-order valence-electron chi connectivity index (χ2n) is 6.45. The Hall–Kier alpha value is -1.62. The highest BCUT2D eigenvalue weighted by Gasteiger charge is 2.22. The van der Waals surface area contributed by atoms with E-state index in [-0.39, 0.29) is 11.8 Å². The van der Waals surface area contributed by atoms with E-state index in [0.717, 1.165) is 37.5 Å². The summed E-state index contributed by atoms with van der Waals surface area (Å²) in [7, 11) is 0. The number of carbonyl (C=O) groups is 1. The van der Waals surface area contributed by atoms with Gasteiger partial charge in [0, 0.05) is 32.2 Å². The molecule has 3 rings (SSSR count). The Bertz CT molecular complexity index is 489. The molecule has 5 nitrogen and oxygen atoms in total. The molecule has 1 amide bonds. The van der Waals surface area contributed by atoms with Crippen molar-refractivity contribution in [1.29, 1.82) is 0 Å². The summed E-state index contributed by atoms with van der Waals surface area (Å²) in [6.07, 6.45) is 5.95. The minimum absolute atomic E-state index is 0.0545.